The van der Waals surface area contributed by atoms with Crippen LogP contribution in [0.15, 0.2) is 149 Å². The van der Waals surface area contributed by atoms with E-state index in [4.69, 9.17) is 103 Å². The van der Waals surface area contributed by atoms with Crippen molar-refractivity contribution in [2.75, 3.05) is 157 Å². The van der Waals surface area contributed by atoms with Crippen LogP contribution in [-0.4, -0.2) is 226 Å². The smallest absolute Gasteiger partial charge is 1.00 e. The van der Waals surface area contributed by atoms with Crippen LogP contribution in [0.25, 0.3) is 16.6 Å². The summed E-state index contributed by atoms with van der Waals surface area (Å²) in [5.41, 5.74) is 36.2. The molecule has 5 aliphatic rings. The molecule has 0 amide bonds. The predicted molar refractivity (Wildman–Crippen MR) is 390 cm³/mol. The first-order valence-corrected chi connectivity index (χ1v) is 33.7. The van der Waals surface area contributed by atoms with Crippen molar-refractivity contribution in [3.05, 3.63) is 139 Å². The third-order valence-electron chi connectivity index (χ3n) is 17.6. The first-order valence-electron chi connectivity index (χ1n) is 33.7. The van der Waals surface area contributed by atoms with E-state index in [-0.39, 0.29) is 211 Å². The molecule has 0 unspecified atom stereocenters. The summed E-state index contributed by atoms with van der Waals surface area (Å²) >= 11 is 0. The summed E-state index contributed by atoms with van der Waals surface area (Å²) in [6.45, 7) is 11.8. The summed E-state index contributed by atoms with van der Waals surface area (Å²) in [5.74, 6) is 2.76. The van der Waals surface area contributed by atoms with Crippen molar-refractivity contribution in [1.29, 1.82) is 10.8 Å². The number of piperidine rings is 3. The van der Waals surface area contributed by atoms with E-state index in [0.29, 0.717) is 106 Å². The molecule has 12 rings (SSSR count). The Morgan fingerprint density at radius 2 is 0.858 bits per heavy atom. The van der Waals surface area contributed by atoms with Gasteiger partial charge in [0.25, 0.3) is 24.1 Å². The number of ether oxygens (including phenoxy) is 6. The van der Waals surface area contributed by atoms with Crippen LogP contribution >= 0.6 is 12.4 Å². The minimum atomic E-state index is -0.181. The topological polar surface area (TPSA) is 420 Å². The molecule has 7 aromatic rings. The minimum Gasteiger partial charge on any atom is -1.00 e. The van der Waals surface area contributed by atoms with Gasteiger partial charge in [-0.2, -0.15) is 0 Å². The largest absolute Gasteiger partial charge is 1.00 e. The SMILES string of the molecule is C[N+]1(CCOc2nn3ccccc3c2N)CCCCC1.C[N+]1(CCOc2nn3ccccc3c2N=C2C=C(OCCO)C(N)=CC2=N)CCCCC1.C[N+]1(CCOc2nn3ccccc3c2N=C2C=C(OCCO)C(N)=CC2=N)CCCCC1.Cl.Nc1ccc(OCCO)c(N)c1.O=CO[O-].[Cl-].[Cl-].[Cl-].[H-].[K+].[K+]. The number of quaternary nitrogens is 3. The zero-order chi connectivity index (χ0) is 71.5. The zero-order valence-corrected chi connectivity index (χ0v) is 70.3. The summed E-state index contributed by atoms with van der Waals surface area (Å²) < 4.78 is 42.5. The molecular formula is C70H100Cl4K2N18O12. The average molecular weight is 1610 g/mol. The van der Waals surface area contributed by atoms with Crippen LogP contribution < -0.4 is 193 Å². The number of nitrogen functional groups attached to an aromatic ring is 3. The normalized spacial score (nSPS) is 16.6. The number of hydrogen-bond acceptors (Lipinski definition) is 24. The van der Waals surface area contributed by atoms with Crippen LogP contribution in [0.1, 0.15) is 59.2 Å². The molecule has 0 spiro atoms. The Morgan fingerprint density at radius 3 is 1.22 bits per heavy atom. The second-order valence-corrected chi connectivity index (χ2v) is 25.5. The van der Waals surface area contributed by atoms with E-state index in [1.54, 1.807) is 43.9 Å². The van der Waals surface area contributed by atoms with Crippen LogP contribution in [0.3, 0.4) is 0 Å². The molecule has 0 saturated carbocycles. The number of pyridine rings is 3. The van der Waals surface area contributed by atoms with Crippen molar-refractivity contribution < 1.29 is 214 Å². The van der Waals surface area contributed by atoms with E-state index in [1.165, 1.54) is 109 Å². The van der Waals surface area contributed by atoms with E-state index in [2.05, 4.69) is 41.3 Å². The monoisotopic (exact) mass is 1600 g/mol. The number of likely N-dealkylation sites (N-methyl/N-ethyl adjacent to an activating group) is 3. The fourth-order valence-corrected chi connectivity index (χ4v) is 12.0. The van der Waals surface area contributed by atoms with Gasteiger partial charge in [-0.1, -0.05) is 18.2 Å². The summed E-state index contributed by atoms with van der Waals surface area (Å²) in [7, 11) is 6.88. The van der Waals surface area contributed by atoms with E-state index in [9.17, 15) is 0 Å². The van der Waals surface area contributed by atoms with Gasteiger partial charge >= 0.3 is 103 Å². The Bertz CT molecular complexity index is 3920. The molecule has 0 radical (unpaired) electrons. The summed E-state index contributed by atoms with van der Waals surface area (Å²) in [4.78, 5) is 20.7. The van der Waals surface area contributed by atoms with Crippen molar-refractivity contribution in [3.63, 3.8) is 0 Å². The molecule has 2 aliphatic carbocycles. The summed E-state index contributed by atoms with van der Waals surface area (Å²) in [5, 5.41) is 65.2. The van der Waals surface area contributed by atoms with Crippen LogP contribution in [0, 0.1) is 10.8 Å². The van der Waals surface area contributed by atoms with Crippen LogP contribution in [0.5, 0.6) is 23.4 Å². The quantitative estimate of drug-likeness (QED) is 0.00511. The molecule has 572 valence electrons. The third kappa shape index (κ3) is 28.7. The fourth-order valence-electron chi connectivity index (χ4n) is 12.0. The van der Waals surface area contributed by atoms with Gasteiger partial charge in [0.1, 0.15) is 82.2 Å². The standard InChI is InChI=1S/2C23H31N6O3.C15H23N4O.C8H12N2O2.CH2O3.4ClH.2K.H/c2*1-29(9-5-2-6-10-29)11-13-32-23-22(20-7-3-4-8-28(20)27-23)26-19-16-21(31-14-12-30)18(25)15-17(19)24;1-19(9-5-2-6-10-19)11-12-20-15-14(16)13-7-3-4-8-18(13)17-15;9-6-1-2-8(7(10)5-6)12-4-3-11;2-1-4-3;;;;;;;/h2*3-4,7-8,15-16,24,30H,2,5-6,9-14,25H2,1H3;3-4,7-8H,2,5-6,9-12,16H2,1H3;1-2,5,11H,3-4,9-10H2;1,3H;4*1H;;;/q3*+1;;;;;;;2*+1;-1/p-4. The molecule has 3 fully saturated rings. The Labute approximate surface area is 729 Å². The minimum absolute atomic E-state index is 0. The molecule has 6 aromatic heterocycles. The molecule has 3 aliphatic heterocycles. The zero-order valence-electron chi connectivity index (χ0n) is 62.0. The number of benzene rings is 1. The van der Waals surface area contributed by atoms with Gasteiger partial charge in [0.2, 0.25) is 0 Å². The number of aliphatic hydroxyl groups excluding tert-OH is 3. The number of aliphatic hydroxyl groups is 3. The van der Waals surface area contributed by atoms with E-state index < -0.39 is 0 Å². The number of halogens is 4. The first-order chi connectivity index (χ1) is 48.3. The van der Waals surface area contributed by atoms with Crippen LogP contribution in [0.2, 0.25) is 0 Å². The summed E-state index contributed by atoms with van der Waals surface area (Å²) in [6, 6.07) is 22.3. The number of aliphatic imine (C=N–C) groups is 2. The fraction of sp³-hybridized carbons (Fsp3) is 0.429. The molecule has 3 saturated heterocycles. The Morgan fingerprint density at radius 1 is 0.509 bits per heavy atom. The number of likely N-dealkylation sites (tertiary alicyclic amines) is 3. The number of fused-ring (bicyclic) bond motifs is 3. The molecular weight excluding hydrogens is 1500 g/mol. The van der Waals surface area contributed by atoms with Gasteiger partial charge < -0.3 is 135 Å². The molecule has 106 heavy (non-hydrogen) atoms. The summed E-state index contributed by atoms with van der Waals surface area (Å²) in [6.07, 6.45) is 23.5. The number of carbonyl (C=O) groups excluding carboxylic acids is 1. The Hall–Kier alpha value is -5.65. The Balaban J connectivity index is 0.000000718. The van der Waals surface area contributed by atoms with Gasteiger partial charge in [-0.3, -0.25) is 15.6 Å². The number of carbonyl (C=O) groups is 1. The molecule has 36 heteroatoms. The van der Waals surface area contributed by atoms with Crippen molar-refractivity contribution in [2.45, 2.75) is 57.8 Å². The van der Waals surface area contributed by atoms with Gasteiger partial charge in [-0.25, -0.2) is 23.5 Å². The molecule has 9 heterocycles. The maximum absolute atomic E-state index is 9.04. The molecule has 15 N–H and O–H groups in total. The van der Waals surface area contributed by atoms with E-state index in [1.807, 2.05) is 73.2 Å². The van der Waals surface area contributed by atoms with Crippen molar-refractivity contribution >= 4 is 86.7 Å². The van der Waals surface area contributed by atoms with Gasteiger partial charge in [0.05, 0.1) is 137 Å². The number of rotatable bonds is 24. The predicted octanol–water partition coefficient (Wildman–Crippen LogP) is -9.49. The molecule has 30 nitrogen and oxygen atoms in total. The molecule has 1 aromatic carbocycles. The van der Waals surface area contributed by atoms with Crippen molar-refractivity contribution in [1.82, 2.24) is 28.8 Å². The average Bonchev–Trinajstić information content (AvgIpc) is 1.67. The second kappa shape index (κ2) is 48.8. The maximum atomic E-state index is 9.04. The van der Waals surface area contributed by atoms with Gasteiger partial charge in [-0.15, -0.1) is 27.7 Å². The van der Waals surface area contributed by atoms with Crippen molar-refractivity contribution in [2.24, 2.45) is 21.5 Å². The number of nitrogens with one attached hydrogen (secondary N) is 2. The van der Waals surface area contributed by atoms with Gasteiger partial charge in [0.15, 0.2) is 11.4 Å². The number of nitrogens with two attached hydrogens (primary N) is 5. The van der Waals surface area contributed by atoms with Gasteiger partial charge in [0, 0.05) is 36.4 Å². The van der Waals surface area contributed by atoms with E-state index in [0.717, 1.165) is 49.6 Å². The van der Waals surface area contributed by atoms with Crippen LogP contribution in [-0.2, 0) is 19.2 Å². The second-order valence-electron chi connectivity index (χ2n) is 25.5. The number of nitrogens with zero attached hydrogens (tertiary/aromatic N) is 11. The van der Waals surface area contributed by atoms with Crippen molar-refractivity contribution in [3.8, 4) is 23.4 Å². The number of allylic oxidation sites excluding steroid dienone is 4. The molecule has 0 atom stereocenters. The Kier molecular flexibility index (Phi) is 44.4. The number of anilines is 3. The number of hydrogen-bond donors (Lipinski definition) is 10. The van der Waals surface area contributed by atoms with E-state index >= 15 is 0 Å². The number of aromatic nitrogens is 6. The first kappa shape index (κ1) is 96.4. The van der Waals surface area contributed by atoms with Crippen LogP contribution in [0.4, 0.5) is 28.4 Å². The third-order valence-corrected chi connectivity index (χ3v) is 17.6. The molecule has 0 bridgehead atoms. The van der Waals surface area contributed by atoms with Gasteiger partial charge in [-0.05, 0) is 125 Å². The maximum Gasteiger partial charge on any atom is 1.00 e.